The number of rotatable bonds is 7. The molecule has 0 saturated carbocycles. The molecule has 1 aromatic heterocycles. The molecule has 2 aromatic rings. The summed E-state index contributed by atoms with van der Waals surface area (Å²) in [5.74, 6) is 0.319. The smallest absolute Gasteiger partial charge is 0.261 e. The first-order chi connectivity index (χ1) is 11.1. The lowest BCUT2D eigenvalue weighted by atomic mass is 10.2. The number of nitrogens with one attached hydrogen (secondary N) is 2. The van der Waals surface area contributed by atoms with Crippen molar-refractivity contribution in [1.29, 1.82) is 0 Å². The average molecular weight is 353 g/mol. The van der Waals surface area contributed by atoms with Crippen LogP contribution in [-0.2, 0) is 4.79 Å². The number of hydrogen-bond acceptors (Lipinski definition) is 4. The normalized spacial score (nSPS) is 10.2. The van der Waals surface area contributed by atoms with Gasteiger partial charge in [0.1, 0.15) is 5.75 Å². The third kappa shape index (κ3) is 5.26. The molecule has 2 amide bonds. The minimum atomic E-state index is -0.128. The van der Waals surface area contributed by atoms with E-state index in [2.05, 4.69) is 10.6 Å². The molecule has 0 radical (unpaired) electrons. The second-order valence-electron chi connectivity index (χ2n) is 4.73. The van der Waals surface area contributed by atoms with Gasteiger partial charge in [-0.2, -0.15) is 0 Å². The van der Waals surface area contributed by atoms with Gasteiger partial charge in [0.25, 0.3) is 5.91 Å². The number of carbonyl (C=O) groups excluding carboxylic acids is 2. The van der Waals surface area contributed by atoms with E-state index in [0.29, 0.717) is 40.7 Å². The number of carbonyl (C=O) groups is 2. The van der Waals surface area contributed by atoms with E-state index in [1.54, 1.807) is 24.3 Å². The maximum absolute atomic E-state index is 11.9. The van der Waals surface area contributed by atoms with Crippen molar-refractivity contribution in [1.82, 2.24) is 5.32 Å². The highest BCUT2D eigenvalue weighted by Crippen LogP contribution is 2.27. The van der Waals surface area contributed by atoms with Gasteiger partial charge in [-0.3, -0.25) is 9.59 Å². The van der Waals surface area contributed by atoms with Crippen LogP contribution in [0.25, 0.3) is 0 Å². The molecule has 1 heterocycles. The second-order valence-corrected chi connectivity index (χ2v) is 6.09. The maximum Gasteiger partial charge on any atom is 0.261 e. The first kappa shape index (κ1) is 17.3. The number of halogens is 1. The summed E-state index contributed by atoms with van der Waals surface area (Å²) in [5.41, 5.74) is 0.614. The lowest BCUT2D eigenvalue weighted by molar-refractivity contribution is -0.116. The van der Waals surface area contributed by atoms with Crippen LogP contribution in [0.2, 0.25) is 5.02 Å². The van der Waals surface area contributed by atoms with E-state index in [-0.39, 0.29) is 11.8 Å². The van der Waals surface area contributed by atoms with Gasteiger partial charge in [0.05, 0.1) is 17.0 Å². The van der Waals surface area contributed by atoms with Crippen LogP contribution < -0.4 is 15.4 Å². The summed E-state index contributed by atoms with van der Waals surface area (Å²) >= 11 is 7.39. The standard InChI is InChI=1S/C16H17ClN2O3S/c1-22-13-7-6-11(10-12(13)17)19-15(20)5-2-8-18-16(21)14-4-3-9-23-14/h3-4,6-7,9-10H,2,5,8H2,1H3,(H,18,21)(H,19,20). The monoisotopic (exact) mass is 352 g/mol. The van der Waals surface area contributed by atoms with E-state index in [0.717, 1.165) is 0 Å². The molecule has 0 unspecified atom stereocenters. The number of amides is 2. The Morgan fingerprint density at radius 2 is 2.13 bits per heavy atom. The SMILES string of the molecule is COc1ccc(NC(=O)CCCNC(=O)c2cccs2)cc1Cl. The van der Waals surface area contributed by atoms with Crippen LogP contribution in [0.3, 0.4) is 0 Å². The summed E-state index contributed by atoms with van der Waals surface area (Å²) < 4.78 is 5.05. The topological polar surface area (TPSA) is 67.4 Å². The number of methoxy groups -OCH3 is 1. The fraction of sp³-hybridized carbons (Fsp3) is 0.250. The highest BCUT2D eigenvalue weighted by atomic mass is 35.5. The summed E-state index contributed by atoms with van der Waals surface area (Å²) in [6, 6.07) is 8.64. The van der Waals surface area contributed by atoms with Crippen LogP contribution in [0.4, 0.5) is 5.69 Å². The van der Waals surface area contributed by atoms with Crippen molar-refractivity contribution in [3.63, 3.8) is 0 Å². The van der Waals surface area contributed by atoms with Crippen LogP contribution in [0.15, 0.2) is 35.7 Å². The van der Waals surface area contributed by atoms with Crippen molar-refractivity contribution in [3.8, 4) is 5.75 Å². The molecular formula is C16H17ClN2O3S. The molecule has 0 aliphatic heterocycles. The van der Waals surface area contributed by atoms with Crippen LogP contribution >= 0.6 is 22.9 Å². The number of thiophene rings is 1. The zero-order valence-corrected chi connectivity index (χ0v) is 14.2. The van der Waals surface area contributed by atoms with Crippen LogP contribution in [0.1, 0.15) is 22.5 Å². The lowest BCUT2D eigenvalue weighted by Crippen LogP contribution is -2.24. The van der Waals surface area contributed by atoms with E-state index in [9.17, 15) is 9.59 Å². The van der Waals surface area contributed by atoms with Gasteiger partial charge >= 0.3 is 0 Å². The van der Waals surface area contributed by atoms with Crippen molar-refractivity contribution in [2.24, 2.45) is 0 Å². The van der Waals surface area contributed by atoms with Crippen molar-refractivity contribution in [3.05, 3.63) is 45.6 Å². The van der Waals surface area contributed by atoms with Crippen molar-refractivity contribution in [2.75, 3.05) is 19.0 Å². The summed E-state index contributed by atoms with van der Waals surface area (Å²) in [7, 11) is 1.53. The molecule has 0 saturated heterocycles. The van der Waals surface area contributed by atoms with Crippen LogP contribution in [-0.4, -0.2) is 25.5 Å². The Kier molecular flexibility index (Phi) is 6.43. The fourth-order valence-corrected chi connectivity index (χ4v) is 2.81. The quantitative estimate of drug-likeness (QED) is 0.749. The predicted molar refractivity (Wildman–Crippen MR) is 92.5 cm³/mol. The Morgan fingerprint density at radius 3 is 2.78 bits per heavy atom. The van der Waals surface area contributed by atoms with E-state index in [1.165, 1.54) is 18.4 Å². The third-order valence-electron chi connectivity index (χ3n) is 3.05. The molecule has 2 rings (SSSR count). The molecule has 0 spiro atoms. The molecule has 0 atom stereocenters. The molecule has 5 nitrogen and oxygen atoms in total. The first-order valence-corrected chi connectivity index (χ1v) is 8.31. The van der Waals surface area contributed by atoms with Crippen LogP contribution in [0.5, 0.6) is 5.75 Å². The Morgan fingerprint density at radius 1 is 1.30 bits per heavy atom. The third-order valence-corrected chi connectivity index (χ3v) is 4.21. The maximum atomic E-state index is 11.9. The minimum Gasteiger partial charge on any atom is -0.495 e. The molecule has 0 bridgehead atoms. The van der Waals surface area contributed by atoms with Gasteiger partial charge in [-0.15, -0.1) is 11.3 Å². The van der Waals surface area contributed by atoms with Crippen LogP contribution in [0, 0.1) is 0 Å². The van der Waals surface area contributed by atoms with Gasteiger partial charge in [0, 0.05) is 18.7 Å². The zero-order valence-electron chi connectivity index (χ0n) is 12.6. The Hall–Kier alpha value is -2.05. The Balaban J connectivity index is 1.71. The van der Waals surface area contributed by atoms with Gasteiger partial charge in [-0.1, -0.05) is 17.7 Å². The Labute approximate surface area is 143 Å². The first-order valence-electron chi connectivity index (χ1n) is 7.05. The van der Waals surface area contributed by atoms with Crippen molar-refractivity contribution in [2.45, 2.75) is 12.8 Å². The molecular weight excluding hydrogens is 336 g/mol. The van der Waals surface area contributed by atoms with E-state index in [4.69, 9.17) is 16.3 Å². The highest BCUT2D eigenvalue weighted by Gasteiger charge is 2.08. The van der Waals surface area contributed by atoms with Crippen molar-refractivity contribution >= 4 is 40.4 Å². The minimum absolute atomic E-state index is 0.109. The predicted octanol–water partition coefficient (Wildman–Crippen LogP) is 3.56. The van der Waals surface area contributed by atoms with E-state index >= 15 is 0 Å². The molecule has 1 aromatic carbocycles. The number of anilines is 1. The summed E-state index contributed by atoms with van der Waals surface area (Å²) in [5, 5.41) is 7.83. The molecule has 0 aliphatic rings. The molecule has 0 fully saturated rings. The van der Waals surface area contributed by atoms with Gasteiger partial charge in [-0.25, -0.2) is 0 Å². The molecule has 2 N–H and O–H groups in total. The molecule has 7 heteroatoms. The van der Waals surface area contributed by atoms with Crippen molar-refractivity contribution < 1.29 is 14.3 Å². The summed E-state index contributed by atoms with van der Waals surface area (Å²) in [4.78, 5) is 24.2. The highest BCUT2D eigenvalue weighted by molar-refractivity contribution is 7.12. The zero-order chi connectivity index (χ0) is 16.7. The number of ether oxygens (including phenoxy) is 1. The lowest BCUT2D eigenvalue weighted by Gasteiger charge is -2.08. The van der Waals surface area contributed by atoms with Gasteiger partial charge < -0.3 is 15.4 Å². The molecule has 122 valence electrons. The second kappa shape index (κ2) is 8.55. The van der Waals surface area contributed by atoms with Gasteiger partial charge in [0.15, 0.2) is 0 Å². The Bertz CT molecular complexity index is 674. The van der Waals surface area contributed by atoms with E-state index in [1.807, 2.05) is 11.4 Å². The largest absolute Gasteiger partial charge is 0.495 e. The van der Waals surface area contributed by atoms with E-state index < -0.39 is 0 Å². The number of benzene rings is 1. The summed E-state index contributed by atoms with van der Waals surface area (Å²) in [6.45, 7) is 0.452. The summed E-state index contributed by atoms with van der Waals surface area (Å²) in [6.07, 6.45) is 0.876. The van der Waals surface area contributed by atoms with Gasteiger partial charge in [-0.05, 0) is 36.1 Å². The molecule has 23 heavy (non-hydrogen) atoms. The number of hydrogen-bond donors (Lipinski definition) is 2. The fourth-order valence-electron chi connectivity index (χ4n) is 1.91. The van der Waals surface area contributed by atoms with Gasteiger partial charge in [0.2, 0.25) is 5.91 Å². The average Bonchev–Trinajstić information content (AvgIpc) is 3.06. The molecule has 0 aliphatic carbocycles.